The molecule has 0 atom stereocenters. The van der Waals surface area contributed by atoms with Crippen molar-refractivity contribution in [1.29, 1.82) is 5.26 Å². The van der Waals surface area contributed by atoms with Gasteiger partial charge < -0.3 is 15.5 Å². The van der Waals surface area contributed by atoms with Crippen molar-refractivity contribution < 1.29 is 4.79 Å². The number of hydrogen-bond acceptors (Lipinski definition) is 4. The van der Waals surface area contributed by atoms with E-state index in [4.69, 9.17) is 11.0 Å². The molecule has 5 heteroatoms. The number of amides is 1. The Kier molecular flexibility index (Phi) is 5.81. The quantitative estimate of drug-likeness (QED) is 0.701. The number of nitrogens with two attached hydrogens (primary N) is 1. The lowest BCUT2D eigenvalue weighted by atomic mass is 9.98. The highest BCUT2D eigenvalue weighted by molar-refractivity contribution is 6.00. The zero-order valence-electron chi connectivity index (χ0n) is 18.2. The molecule has 1 amide bonds. The Balaban J connectivity index is 1.73. The van der Waals surface area contributed by atoms with Crippen molar-refractivity contribution in [3.8, 4) is 17.2 Å². The number of fused-ring (bicyclic) bond motifs is 3. The zero-order chi connectivity index (χ0) is 22.0. The van der Waals surface area contributed by atoms with Crippen molar-refractivity contribution in [3.05, 3.63) is 70.6 Å². The molecule has 2 aliphatic heterocycles. The normalized spacial score (nSPS) is 14.6. The smallest absolute Gasteiger partial charge is 0.250 e. The van der Waals surface area contributed by atoms with Crippen LogP contribution in [0.5, 0.6) is 0 Å². The molecule has 2 aromatic rings. The average Bonchev–Trinajstić information content (AvgIpc) is 3.58. The summed E-state index contributed by atoms with van der Waals surface area (Å²) in [5, 5.41) is 9.04. The Morgan fingerprint density at radius 2 is 1.77 bits per heavy atom. The Labute approximate surface area is 184 Å². The molecule has 0 aromatic heterocycles. The van der Waals surface area contributed by atoms with Crippen molar-refractivity contribution >= 4 is 17.7 Å². The largest absolute Gasteiger partial charge is 0.400 e. The molecule has 4 rings (SSSR count). The van der Waals surface area contributed by atoms with Gasteiger partial charge in [0.1, 0.15) is 0 Å². The standard InChI is InChI=1S/C26H28N4O/c1-3-11-29(12-4-2)26(31)22-13-21-10-9-20(19-7-5-18(16-27)6-8-19)15-24(21)30-17-25(30)23(28)14-22/h5-10,13,15H,3-4,11-12,14,17,28H2,1-2H3. The maximum Gasteiger partial charge on any atom is 0.250 e. The zero-order valence-corrected chi connectivity index (χ0v) is 18.2. The van der Waals surface area contributed by atoms with E-state index < -0.39 is 0 Å². The van der Waals surface area contributed by atoms with Crippen LogP contribution in [0.1, 0.15) is 44.2 Å². The van der Waals surface area contributed by atoms with Crippen LogP contribution < -0.4 is 10.6 Å². The third-order valence-corrected chi connectivity index (χ3v) is 5.83. The molecule has 0 bridgehead atoms. The number of hydrogen-bond donors (Lipinski definition) is 1. The fourth-order valence-electron chi connectivity index (χ4n) is 4.18. The summed E-state index contributed by atoms with van der Waals surface area (Å²) in [6, 6.07) is 16.1. The Hall–Kier alpha value is -3.52. The number of allylic oxidation sites excluding steroid dienone is 1. The minimum Gasteiger partial charge on any atom is -0.400 e. The van der Waals surface area contributed by atoms with E-state index in [9.17, 15) is 4.79 Å². The number of nitrogens with zero attached hydrogens (tertiary/aromatic N) is 3. The summed E-state index contributed by atoms with van der Waals surface area (Å²) < 4.78 is 0. The number of rotatable bonds is 6. The maximum absolute atomic E-state index is 13.3. The first-order chi connectivity index (χ1) is 15.0. The summed E-state index contributed by atoms with van der Waals surface area (Å²) >= 11 is 0. The molecule has 2 heterocycles. The number of anilines is 1. The van der Waals surface area contributed by atoms with Gasteiger partial charge in [0.2, 0.25) is 5.91 Å². The third kappa shape index (κ3) is 4.20. The molecule has 0 radical (unpaired) electrons. The van der Waals surface area contributed by atoms with Gasteiger partial charge in [0.25, 0.3) is 0 Å². The van der Waals surface area contributed by atoms with Crippen LogP contribution in [0, 0.1) is 11.3 Å². The number of carbonyl (C=O) groups is 1. The van der Waals surface area contributed by atoms with E-state index >= 15 is 0 Å². The molecular formula is C26H28N4O. The van der Waals surface area contributed by atoms with Crippen LogP contribution in [0.3, 0.4) is 0 Å². The van der Waals surface area contributed by atoms with Crippen LogP contribution in [-0.4, -0.2) is 30.4 Å². The molecule has 2 N–H and O–H groups in total. The van der Waals surface area contributed by atoms with Gasteiger partial charge in [-0.1, -0.05) is 38.1 Å². The van der Waals surface area contributed by atoms with E-state index in [0.29, 0.717) is 12.0 Å². The first kappa shape index (κ1) is 20.7. The molecule has 158 valence electrons. The van der Waals surface area contributed by atoms with Crippen molar-refractivity contribution in [1.82, 2.24) is 4.90 Å². The summed E-state index contributed by atoms with van der Waals surface area (Å²) in [4.78, 5) is 17.5. The van der Waals surface area contributed by atoms with Gasteiger partial charge in [-0.05, 0) is 53.8 Å². The summed E-state index contributed by atoms with van der Waals surface area (Å²) in [6.07, 6.45) is 4.38. The summed E-state index contributed by atoms with van der Waals surface area (Å²) in [6.45, 7) is 6.52. The van der Waals surface area contributed by atoms with Crippen LogP contribution in [0.25, 0.3) is 17.2 Å². The topological polar surface area (TPSA) is 73.1 Å². The Morgan fingerprint density at radius 3 is 2.42 bits per heavy atom. The molecule has 1 fully saturated rings. The van der Waals surface area contributed by atoms with Crippen molar-refractivity contribution in [2.45, 2.75) is 33.1 Å². The molecular weight excluding hydrogens is 384 g/mol. The SMILES string of the molecule is CCCN(CCC)C(=O)C1=Cc2ccc(-c3ccc(C#N)cc3)cc2N2CC2=C(N)C1. The van der Waals surface area contributed by atoms with Gasteiger partial charge in [-0.3, -0.25) is 4.79 Å². The fraction of sp³-hybridized carbons (Fsp3) is 0.308. The highest BCUT2D eigenvalue weighted by Gasteiger charge is 2.34. The lowest BCUT2D eigenvalue weighted by Crippen LogP contribution is -2.34. The van der Waals surface area contributed by atoms with Crippen molar-refractivity contribution in [2.24, 2.45) is 5.73 Å². The highest BCUT2D eigenvalue weighted by Crippen LogP contribution is 2.41. The molecule has 0 aliphatic carbocycles. The van der Waals surface area contributed by atoms with Gasteiger partial charge in [-0.25, -0.2) is 0 Å². The molecule has 0 unspecified atom stereocenters. The predicted octanol–water partition coefficient (Wildman–Crippen LogP) is 4.65. The fourth-order valence-corrected chi connectivity index (χ4v) is 4.18. The van der Waals surface area contributed by atoms with E-state index in [1.165, 1.54) is 0 Å². The molecule has 31 heavy (non-hydrogen) atoms. The van der Waals surface area contributed by atoms with Crippen LogP contribution in [0.4, 0.5) is 5.69 Å². The van der Waals surface area contributed by atoms with E-state index in [2.05, 4.69) is 43.0 Å². The lowest BCUT2D eigenvalue weighted by molar-refractivity contribution is -0.127. The van der Waals surface area contributed by atoms with Gasteiger partial charge in [-0.2, -0.15) is 5.26 Å². The minimum atomic E-state index is 0.0865. The Bertz CT molecular complexity index is 1100. The second kappa shape index (κ2) is 8.69. The van der Waals surface area contributed by atoms with E-state index in [0.717, 1.165) is 71.8 Å². The number of nitriles is 1. The molecule has 2 aromatic carbocycles. The minimum absolute atomic E-state index is 0.0865. The predicted molar refractivity (Wildman–Crippen MR) is 125 cm³/mol. The highest BCUT2D eigenvalue weighted by atomic mass is 16.2. The number of benzene rings is 2. The molecule has 0 saturated carbocycles. The van der Waals surface area contributed by atoms with E-state index in [-0.39, 0.29) is 5.91 Å². The van der Waals surface area contributed by atoms with E-state index in [1.54, 1.807) is 0 Å². The van der Waals surface area contributed by atoms with E-state index in [1.807, 2.05) is 35.2 Å². The van der Waals surface area contributed by atoms with Gasteiger partial charge in [0.05, 0.1) is 23.9 Å². The van der Waals surface area contributed by atoms with Crippen LogP contribution in [0.2, 0.25) is 0 Å². The van der Waals surface area contributed by atoms with Crippen LogP contribution in [0.15, 0.2) is 59.4 Å². The van der Waals surface area contributed by atoms with Gasteiger partial charge in [-0.15, -0.1) is 0 Å². The monoisotopic (exact) mass is 412 g/mol. The average molecular weight is 413 g/mol. The second-order valence-electron chi connectivity index (χ2n) is 8.16. The molecule has 2 aliphatic rings. The van der Waals surface area contributed by atoms with Crippen molar-refractivity contribution in [2.75, 3.05) is 24.5 Å². The summed E-state index contributed by atoms with van der Waals surface area (Å²) in [5.41, 5.74) is 13.9. The van der Waals surface area contributed by atoms with Gasteiger partial charge in [0.15, 0.2) is 0 Å². The first-order valence-corrected chi connectivity index (χ1v) is 10.9. The first-order valence-electron chi connectivity index (χ1n) is 10.9. The second-order valence-corrected chi connectivity index (χ2v) is 8.16. The van der Waals surface area contributed by atoms with Gasteiger partial charge >= 0.3 is 0 Å². The summed E-state index contributed by atoms with van der Waals surface area (Å²) in [5.74, 6) is 0.0865. The molecule has 5 nitrogen and oxygen atoms in total. The number of carbonyl (C=O) groups excluding carboxylic acids is 1. The third-order valence-electron chi connectivity index (χ3n) is 5.83. The maximum atomic E-state index is 13.3. The van der Waals surface area contributed by atoms with Gasteiger partial charge in [0, 0.05) is 36.5 Å². The summed E-state index contributed by atoms with van der Waals surface area (Å²) in [7, 11) is 0. The molecule has 0 spiro atoms. The molecule has 1 saturated heterocycles. The Morgan fingerprint density at radius 1 is 1.10 bits per heavy atom. The van der Waals surface area contributed by atoms with Crippen molar-refractivity contribution in [3.63, 3.8) is 0 Å². The van der Waals surface area contributed by atoms with Crippen LogP contribution in [-0.2, 0) is 4.79 Å². The lowest BCUT2D eigenvalue weighted by Gasteiger charge is -2.24. The van der Waals surface area contributed by atoms with Crippen LogP contribution >= 0.6 is 0 Å².